The van der Waals surface area contributed by atoms with Crippen molar-refractivity contribution in [2.75, 3.05) is 31.1 Å². The van der Waals surface area contributed by atoms with Crippen LogP contribution < -0.4 is 10.6 Å². The lowest BCUT2D eigenvalue weighted by molar-refractivity contribution is 0.228. The number of anilines is 1. The number of H-pyrrole nitrogens is 2. The van der Waals surface area contributed by atoms with Crippen LogP contribution in [0.4, 0.5) is 5.82 Å². The number of rotatable bonds is 4. The molecule has 1 aliphatic heterocycles. The van der Waals surface area contributed by atoms with Crippen molar-refractivity contribution in [3.8, 4) is 11.4 Å². The highest BCUT2D eigenvalue weighted by Crippen LogP contribution is 2.24. The summed E-state index contributed by atoms with van der Waals surface area (Å²) in [6.45, 7) is 8.34. The van der Waals surface area contributed by atoms with E-state index in [9.17, 15) is 4.79 Å². The topological polar surface area (TPSA) is 120 Å². The molecule has 0 saturated carbocycles. The van der Waals surface area contributed by atoms with E-state index in [1.807, 2.05) is 25.1 Å². The first-order chi connectivity index (χ1) is 14.6. The second-order valence-corrected chi connectivity index (χ2v) is 7.49. The third-order valence-corrected chi connectivity index (χ3v) is 5.55. The fourth-order valence-corrected chi connectivity index (χ4v) is 3.75. The van der Waals surface area contributed by atoms with E-state index in [-0.39, 0.29) is 5.69 Å². The molecule has 10 nitrogen and oxygen atoms in total. The summed E-state index contributed by atoms with van der Waals surface area (Å²) in [6, 6.07) is 5.59. The molecule has 1 saturated heterocycles. The minimum absolute atomic E-state index is 0.338. The Labute approximate surface area is 172 Å². The first kappa shape index (κ1) is 18.5. The van der Waals surface area contributed by atoms with Crippen molar-refractivity contribution >= 4 is 16.9 Å². The minimum atomic E-state index is -0.338. The second kappa shape index (κ2) is 7.38. The summed E-state index contributed by atoms with van der Waals surface area (Å²) in [7, 11) is 0. The lowest BCUT2D eigenvalue weighted by Crippen LogP contribution is -2.46. The van der Waals surface area contributed by atoms with Crippen molar-refractivity contribution in [3.63, 3.8) is 0 Å². The summed E-state index contributed by atoms with van der Waals surface area (Å²) in [4.78, 5) is 31.9. The molecule has 1 aromatic carbocycles. The largest absolute Gasteiger partial charge is 0.439 e. The van der Waals surface area contributed by atoms with Crippen LogP contribution in [0.1, 0.15) is 17.1 Å². The number of aromatic nitrogens is 6. The Hall–Kier alpha value is -3.53. The van der Waals surface area contributed by atoms with E-state index >= 15 is 0 Å². The van der Waals surface area contributed by atoms with Crippen molar-refractivity contribution < 1.29 is 4.42 Å². The molecule has 1 fully saturated rings. The molecule has 10 heteroatoms. The van der Waals surface area contributed by atoms with Crippen molar-refractivity contribution in [1.29, 1.82) is 0 Å². The van der Waals surface area contributed by atoms with Gasteiger partial charge in [-0.25, -0.2) is 24.8 Å². The molecule has 154 valence electrons. The quantitative estimate of drug-likeness (QED) is 0.525. The molecule has 1 aliphatic rings. The lowest BCUT2D eigenvalue weighted by Gasteiger charge is -2.35. The number of aryl methyl sites for hydroxylation is 1. The lowest BCUT2D eigenvalue weighted by atomic mass is 10.2. The van der Waals surface area contributed by atoms with Crippen molar-refractivity contribution in [2.24, 2.45) is 0 Å². The summed E-state index contributed by atoms with van der Waals surface area (Å²) < 4.78 is 5.97. The van der Waals surface area contributed by atoms with Gasteiger partial charge in [0.25, 0.3) is 0 Å². The molecule has 0 radical (unpaired) electrons. The maximum atomic E-state index is 11.3. The van der Waals surface area contributed by atoms with E-state index in [0.717, 1.165) is 54.3 Å². The molecule has 3 aromatic heterocycles. The number of hydrogen-bond donors (Lipinski definition) is 2. The zero-order valence-electron chi connectivity index (χ0n) is 16.8. The average Bonchev–Trinajstić information content (AvgIpc) is 3.35. The van der Waals surface area contributed by atoms with Crippen molar-refractivity contribution in [2.45, 2.75) is 20.4 Å². The van der Waals surface area contributed by atoms with Gasteiger partial charge in [-0.3, -0.25) is 9.88 Å². The number of aromatic amines is 2. The van der Waals surface area contributed by atoms with Gasteiger partial charge in [0, 0.05) is 43.0 Å². The van der Waals surface area contributed by atoms with Crippen LogP contribution in [0.15, 0.2) is 33.7 Å². The molecule has 4 heterocycles. The number of nitrogens with one attached hydrogen (secondary N) is 2. The van der Waals surface area contributed by atoms with Crippen LogP contribution in [0.25, 0.3) is 22.5 Å². The smallest absolute Gasteiger partial charge is 0.340 e. The Balaban J connectivity index is 1.27. The molecule has 30 heavy (non-hydrogen) atoms. The van der Waals surface area contributed by atoms with E-state index < -0.39 is 0 Å². The summed E-state index contributed by atoms with van der Waals surface area (Å²) in [6.07, 6.45) is 1.63. The summed E-state index contributed by atoms with van der Waals surface area (Å²) >= 11 is 0. The SMILES string of the molecule is Cc1ncnc(N2CCN(Cc3nc4ccc(-c5n[nH]c(=O)[nH]5)cc4o3)CC2)c1C. The van der Waals surface area contributed by atoms with Crippen LogP contribution in [0.2, 0.25) is 0 Å². The number of benzene rings is 1. The van der Waals surface area contributed by atoms with Crippen LogP contribution in [0.3, 0.4) is 0 Å². The molecule has 0 atom stereocenters. The first-order valence-corrected chi connectivity index (χ1v) is 9.87. The van der Waals surface area contributed by atoms with Gasteiger partial charge in [0.2, 0.25) is 5.89 Å². The maximum Gasteiger partial charge on any atom is 0.340 e. The Morgan fingerprint density at radius 3 is 2.73 bits per heavy atom. The van der Waals surface area contributed by atoms with Gasteiger partial charge in [-0.05, 0) is 32.0 Å². The van der Waals surface area contributed by atoms with Gasteiger partial charge in [0.15, 0.2) is 11.4 Å². The number of fused-ring (bicyclic) bond motifs is 1. The summed E-state index contributed by atoms with van der Waals surface area (Å²) in [5, 5.41) is 6.33. The molecular weight excluding hydrogens is 384 g/mol. The zero-order valence-corrected chi connectivity index (χ0v) is 16.8. The van der Waals surface area contributed by atoms with E-state index in [1.165, 1.54) is 0 Å². The third-order valence-electron chi connectivity index (χ3n) is 5.55. The van der Waals surface area contributed by atoms with Crippen LogP contribution in [-0.2, 0) is 6.54 Å². The van der Waals surface area contributed by atoms with Crippen LogP contribution in [-0.4, -0.2) is 61.2 Å². The predicted molar refractivity (Wildman–Crippen MR) is 111 cm³/mol. The minimum Gasteiger partial charge on any atom is -0.439 e. The molecular formula is C20H22N8O2. The van der Waals surface area contributed by atoms with Crippen LogP contribution in [0.5, 0.6) is 0 Å². The van der Waals surface area contributed by atoms with Gasteiger partial charge in [-0.15, -0.1) is 0 Å². The normalized spacial score (nSPS) is 15.2. The molecule has 0 unspecified atom stereocenters. The monoisotopic (exact) mass is 406 g/mol. The molecule has 0 bridgehead atoms. The van der Waals surface area contributed by atoms with Gasteiger partial charge in [-0.1, -0.05) is 0 Å². The Morgan fingerprint density at radius 2 is 1.97 bits per heavy atom. The highest BCUT2D eigenvalue weighted by Gasteiger charge is 2.21. The van der Waals surface area contributed by atoms with Gasteiger partial charge in [0.05, 0.1) is 6.54 Å². The third kappa shape index (κ3) is 3.45. The first-order valence-electron chi connectivity index (χ1n) is 9.87. The van der Waals surface area contributed by atoms with Gasteiger partial charge < -0.3 is 9.32 Å². The highest BCUT2D eigenvalue weighted by atomic mass is 16.3. The Bertz CT molecular complexity index is 1250. The van der Waals surface area contributed by atoms with Crippen molar-refractivity contribution in [1.82, 2.24) is 35.0 Å². The van der Waals surface area contributed by atoms with Crippen molar-refractivity contribution in [3.05, 3.63) is 52.2 Å². The molecule has 5 rings (SSSR count). The molecule has 0 spiro atoms. The standard InChI is InChI=1S/C20H22N8O2/c1-12-13(2)21-11-22-19(12)28-7-5-27(6-8-28)10-17-23-15-4-3-14(9-16(15)30-17)18-24-20(29)26-25-18/h3-4,9,11H,5-8,10H2,1-2H3,(H2,24,25,26,29). The number of piperazine rings is 1. The number of nitrogens with zero attached hydrogens (tertiary/aromatic N) is 6. The van der Waals surface area contributed by atoms with Gasteiger partial charge in [0.1, 0.15) is 17.7 Å². The summed E-state index contributed by atoms with van der Waals surface area (Å²) in [5.41, 5.74) is 4.06. The fourth-order valence-electron chi connectivity index (χ4n) is 3.75. The number of oxazole rings is 1. The van der Waals surface area contributed by atoms with E-state index in [2.05, 4.69) is 46.9 Å². The van der Waals surface area contributed by atoms with E-state index in [4.69, 9.17) is 4.42 Å². The van der Waals surface area contributed by atoms with Gasteiger partial charge in [-0.2, -0.15) is 5.10 Å². The molecule has 0 aliphatic carbocycles. The second-order valence-electron chi connectivity index (χ2n) is 7.49. The van der Waals surface area contributed by atoms with E-state index in [1.54, 1.807) is 6.33 Å². The zero-order chi connectivity index (χ0) is 20.7. The Kier molecular flexibility index (Phi) is 4.55. The Morgan fingerprint density at radius 1 is 1.13 bits per heavy atom. The van der Waals surface area contributed by atoms with Crippen LogP contribution in [0, 0.1) is 13.8 Å². The highest BCUT2D eigenvalue weighted by molar-refractivity contribution is 5.78. The molecule has 2 N–H and O–H groups in total. The maximum absolute atomic E-state index is 11.3. The summed E-state index contributed by atoms with van der Waals surface area (Å²) in [5.74, 6) is 2.18. The van der Waals surface area contributed by atoms with Gasteiger partial charge >= 0.3 is 5.69 Å². The predicted octanol–water partition coefficient (Wildman–Crippen LogP) is 1.64. The van der Waals surface area contributed by atoms with E-state index in [0.29, 0.717) is 23.8 Å². The molecule has 0 amide bonds. The molecule has 4 aromatic rings. The average molecular weight is 406 g/mol. The fraction of sp³-hybridized carbons (Fsp3) is 0.350. The number of hydrogen-bond acceptors (Lipinski definition) is 8. The van der Waals surface area contributed by atoms with Crippen LogP contribution >= 0.6 is 0 Å².